The van der Waals surface area contributed by atoms with Crippen molar-refractivity contribution in [2.75, 3.05) is 25.4 Å². The van der Waals surface area contributed by atoms with Gasteiger partial charge in [0.05, 0.1) is 5.39 Å². The van der Waals surface area contributed by atoms with Crippen LogP contribution in [0.2, 0.25) is 0 Å². The molecule has 1 aliphatic carbocycles. The van der Waals surface area contributed by atoms with Gasteiger partial charge in [-0.25, -0.2) is 14.4 Å². The van der Waals surface area contributed by atoms with Gasteiger partial charge in [0.1, 0.15) is 35.1 Å². The lowest BCUT2D eigenvalue weighted by atomic mass is 9.89. The SMILES string of the molecule is C[C@@H]1CN(C2CCC(n3cc(-c4ccc(Oc5ccccc5)cc4F)c4c(N)ncnc43)CC2)CCN1. The number of nitrogens with two attached hydrogens (primary N) is 1. The van der Waals surface area contributed by atoms with Gasteiger partial charge in [-0.15, -0.1) is 0 Å². The Morgan fingerprint density at radius 2 is 1.76 bits per heavy atom. The molecule has 1 aliphatic heterocycles. The highest BCUT2D eigenvalue weighted by Crippen LogP contribution is 2.40. The van der Waals surface area contributed by atoms with Crippen LogP contribution >= 0.6 is 0 Å². The molecule has 37 heavy (non-hydrogen) atoms. The molecule has 2 fully saturated rings. The Morgan fingerprint density at radius 3 is 2.51 bits per heavy atom. The number of rotatable bonds is 5. The van der Waals surface area contributed by atoms with Crippen LogP contribution in [0.15, 0.2) is 61.1 Å². The Kier molecular flexibility index (Phi) is 6.52. The summed E-state index contributed by atoms with van der Waals surface area (Å²) in [6, 6.07) is 15.8. The topological polar surface area (TPSA) is 81.2 Å². The normalized spacial score (nSPS) is 22.8. The molecule has 2 aromatic carbocycles. The molecule has 1 saturated carbocycles. The summed E-state index contributed by atoms with van der Waals surface area (Å²) in [5.41, 5.74) is 8.28. The first kappa shape index (κ1) is 23.9. The van der Waals surface area contributed by atoms with E-state index in [1.165, 1.54) is 12.4 Å². The summed E-state index contributed by atoms with van der Waals surface area (Å²) in [5, 5.41) is 4.24. The second kappa shape index (κ2) is 10.1. The van der Waals surface area contributed by atoms with Gasteiger partial charge >= 0.3 is 0 Å². The smallest absolute Gasteiger partial charge is 0.146 e. The molecule has 3 heterocycles. The van der Waals surface area contributed by atoms with E-state index in [4.69, 9.17) is 10.5 Å². The van der Waals surface area contributed by atoms with Crippen molar-refractivity contribution in [1.29, 1.82) is 0 Å². The minimum Gasteiger partial charge on any atom is -0.457 e. The number of anilines is 1. The molecule has 0 amide bonds. The largest absolute Gasteiger partial charge is 0.457 e. The van der Waals surface area contributed by atoms with Crippen LogP contribution in [0, 0.1) is 5.82 Å². The van der Waals surface area contributed by atoms with Crippen LogP contribution in [0.5, 0.6) is 11.5 Å². The number of aromatic nitrogens is 3. The van der Waals surface area contributed by atoms with Crippen molar-refractivity contribution >= 4 is 16.9 Å². The number of piperazine rings is 1. The van der Waals surface area contributed by atoms with Gasteiger partial charge in [-0.1, -0.05) is 18.2 Å². The van der Waals surface area contributed by atoms with E-state index in [9.17, 15) is 0 Å². The van der Waals surface area contributed by atoms with E-state index in [2.05, 4.69) is 31.7 Å². The first-order chi connectivity index (χ1) is 18.1. The van der Waals surface area contributed by atoms with Crippen molar-refractivity contribution in [1.82, 2.24) is 24.8 Å². The summed E-state index contributed by atoms with van der Waals surface area (Å²) in [5.74, 6) is 1.11. The lowest BCUT2D eigenvalue weighted by molar-refractivity contribution is 0.107. The van der Waals surface area contributed by atoms with Crippen LogP contribution in [-0.4, -0.2) is 51.2 Å². The lowest BCUT2D eigenvalue weighted by Gasteiger charge is -2.41. The summed E-state index contributed by atoms with van der Waals surface area (Å²) >= 11 is 0. The van der Waals surface area contributed by atoms with E-state index in [1.54, 1.807) is 12.1 Å². The van der Waals surface area contributed by atoms with E-state index >= 15 is 4.39 Å². The van der Waals surface area contributed by atoms with Crippen LogP contribution in [0.25, 0.3) is 22.2 Å². The van der Waals surface area contributed by atoms with E-state index in [1.807, 2.05) is 36.5 Å². The first-order valence-corrected chi connectivity index (χ1v) is 13.2. The summed E-state index contributed by atoms with van der Waals surface area (Å²) in [6.45, 7) is 5.54. The van der Waals surface area contributed by atoms with Crippen molar-refractivity contribution in [3.05, 3.63) is 66.9 Å². The van der Waals surface area contributed by atoms with E-state index in [0.717, 1.165) is 56.5 Å². The molecule has 0 unspecified atom stereocenters. The maximum Gasteiger partial charge on any atom is 0.146 e. The Balaban J connectivity index is 1.28. The highest BCUT2D eigenvalue weighted by Gasteiger charge is 2.30. The van der Waals surface area contributed by atoms with Crippen LogP contribution in [0.3, 0.4) is 0 Å². The van der Waals surface area contributed by atoms with Gasteiger partial charge in [-0.3, -0.25) is 4.90 Å². The molecular weight excluding hydrogens is 467 g/mol. The molecule has 192 valence electrons. The molecule has 4 aromatic rings. The molecule has 0 spiro atoms. The Bertz CT molecular complexity index is 1380. The van der Waals surface area contributed by atoms with Crippen molar-refractivity contribution in [3.8, 4) is 22.6 Å². The van der Waals surface area contributed by atoms with Gasteiger partial charge in [-0.05, 0) is 56.9 Å². The fourth-order valence-electron chi connectivity index (χ4n) is 5.99. The average Bonchev–Trinajstić information content (AvgIpc) is 3.30. The maximum atomic E-state index is 15.5. The third-order valence-corrected chi connectivity index (χ3v) is 7.82. The average molecular weight is 501 g/mol. The molecule has 0 radical (unpaired) electrons. The van der Waals surface area contributed by atoms with E-state index in [0.29, 0.717) is 46.4 Å². The molecule has 1 atom stereocenters. The zero-order valence-electron chi connectivity index (χ0n) is 21.1. The minimum atomic E-state index is -0.368. The van der Waals surface area contributed by atoms with Gasteiger partial charge in [0.25, 0.3) is 0 Å². The van der Waals surface area contributed by atoms with Crippen LogP contribution in [0.1, 0.15) is 38.6 Å². The van der Waals surface area contributed by atoms with Crippen LogP contribution < -0.4 is 15.8 Å². The zero-order valence-corrected chi connectivity index (χ0v) is 21.1. The molecule has 2 aromatic heterocycles. The van der Waals surface area contributed by atoms with Gasteiger partial charge in [0.2, 0.25) is 0 Å². The third-order valence-electron chi connectivity index (χ3n) is 7.82. The number of hydrogen-bond donors (Lipinski definition) is 2. The highest BCUT2D eigenvalue weighted by molar-refractivity contribution is 6.00. The number of para-hydroxylation sites is 1. The monoisotopic (exact) mass is 500 g/mol. The van der Waals surface area contributed by atoms with Gasteiger partial charge in [0.15, 0.2) is 0 Å². The standard InChI is InChI=1S/C29H33FN6O/c1-19-16-35(14-13-32-19)20-7-9-21(10-8-20)36-17-25(27-28(31)33-18-34-29(27)36)24-12-11-23(15-26(24)30)37-22-5-3-2-4-6-22/h2-6,11-12,15,17-21,32H,7-10,13-14,16H2,1H3,(H2,31,33,34)/t19-,20?,21?/m1/s1. The molecule has 3 N–H and O–H groups in total. The van der Waals surface area contributed by atoms with Crippen LogP contribution in [0.4, 0.5) is 10.2 Å². The van der Waals surface area contributed by atoms with Crippen LogP contribution in [-0.2, 0) is 0 Å². The van der Waals surface area contributed by atoms with Crippen molar-refractivity contribution in [3.63, 3.8) is 0 Å². The number of hydrogen-bond acceptors (Lipinski definition) is 6. The number of nitrogens with zero attached hydrogens (tertiary/aromatic N) is 4. The van der Waals surface area contributed by atoms with E-state index in [-0.39, 0.29) is 5.82 Å². The Labute approximate surface area is 216 Å². The first-order valence-electron chi connectivity index (χ1n) is 13.2. The third kappa shape index (κ3) is 4.79. The highest BCUT2D eigenvalue weighted by atomic mass is 19.1. The number of halogens is 1. The summed E-state index contributed by atoms with van der Waals surface area (Å²) < 4.78 is 23.5. The maximum absolute atomic E-state index is 15.5. The molecule has 2 aliphatic rings. The fourth-order valence-corrected chi connectivity index (χ4v) is 5.99. The quantitative estimate of drug-likeness (QED) is 0.383. The van der Waals surface area contributed by atoms with E-state index < -0.39 is 0 Å². The minimum absolute atomic E-state index is 0.297. The number of nitrogen functional groups attached to an aromatic ring is 1. The molecule has 0 bridgehead atoms. The molecular formula is C29H33FN6O. The lowest BCUT2D eigenvalue weighted by Crippen LogP contribution is -2.53. The molecule has 1 saturated heterocycles. The van der Waals surface area contributed by atoms with Gasteiger partial charge < -0.3 is 20.4 Å². The molecule has 7 nitrogen and oxygen atoms in total. The van der Waals surface area contributed by atoms with Gasteiger partial charge in [-0.2, -0.15) is 0 Å². The number of benzene rings is 2. The second-order valence-corrected chi connectivity index (χ2v) is 10.3. The Hall–Kier alpha value is -3.49. The summed E-state index contributed by atoms with van der Waals surface area (Å²) in [6.07, 6.45) is 7.92. The predicted octanol–water partition coefficient (Wildman–Crippen LogP) is 5.39. The van der Waals surface area contributed by atoms with Crippen molar-refractivity contribution < 1.29 is 9.13 Å². The fraction of sp³-hybridized carbons (Fsp3) is 0.379. The van der Waals surface area contributed by atoms with Gasteiger partial charge in [0, 0.05) is 61.1 Å². The van der Waals surface area contributed by atoms with Crippen molar-refractivity contribution in [2.24, 2.45) is 0 Å². The molecule has 8 heteroatoms. The summed E-state index contributed by atoms with van der Waals surface area (Å²) in [4.78, 5) is 11.5. The number of nitrogens with one attached hydrogen (secondary N) is 1. The Morgan fingerprint density at radius 1 is 0.973 bits per heavy atom. The predicted molar refractivity (Wildman–Crippen MR) is 144 cm³/mol. The second-order valence-electron chi connectivity index (χ2n) is 10.3. The molecule has 6 rings (SSSR count). The zero-order chi connectivity index (χ0) is 25.4. The summed E-state index contributed by atoms with van der Waals surface area (Å²) in [7, 11) is 0. The van der Waals surface area contributed by atoms with Crippen molar-refractivity contribution in [2.45, 2.75) is 50.7 Å². The number of fused-ring (bicyclic) bond motifs is 1. The number of ether oxygens (including phenoxy) is 1.